The summed E-state index contributed by atoms with van der Waals surface area (Å²) >= 11 is 0. The average Bonchev–Trinajstić information content (AvgIpc) is 4.01. The van der Waals surface area contributed by atoms with Crippen LogP contribution in [0.3, 0.4) is 0 Å². The van der Waals surface area contributed by atoms with Crippen LogP contribution in [-0.2, 0) is 0 Å². The fourth-order valence-electron chi connectivity index (χ4n) is 10.9. The van der Waals surface area contributed by atoms with Crippen LogP contribution in [0, 0.1) is 0 Å². The Morgan fingerprint density at radius 3 is 1.22 bits per heavy atom. The molecule has 64 heavy (non-hydrogen) atoms. The molecule has 0 fully saturated rings. The van der Waals surface area contributed by atoms with E-state index >= 15 is 0 Å². The quantitative estimate of drug-likeness (QED) is 0.112. The van der Waals surface area contributed by atoms with E-state index in [1.54, 1.807) is 0 Å². The highest BCUT2D eigenvalue weighted by atomic mass is 28.3. The standard InChI is InChI=1S/C60H41N3Si/c1-5-20-42(21-6-1)61-54-32-16-13-30-50(54)51-38-36-43(40-58(51)61)62-59-41-47(64(44-22-7-2-8-23-44,45-24-9-3-10-25-45)46-26-11-4-12-27-46)37-39-52(59)53-31-19-35-57(60(53)62)63-55-33-17-14-28-48(55)49-29-15-18-34-56(49)63/h1-41H. The maximum absolute atomic E-state index is 2.87. The summed E-state index contributed by atoms with van der Waals surface area (Å²) in [4.78, 5) is 0. The molecule has 0 spiro atoms. The summed E-state index contributed by atoms with van der Waals surface area (Å²) in [6.45, 7) is 0. The van der Waals surface area contributed by atoms with E-state index in [9.17, 15) is 0 Å². The second-order valence-corrected chi connectivity index (χ2v) is 20.7. The first kappa shape index (κ1) is 36.5. The number of hydrogen-bond acceptors (Lipinski definition) is 0. The minimum absolute atomic E-state index is 1.12. The van der Waals surface area contributed by atoms with Crippen LogP contribution < -0.4 is 20.7 Å². The molecule has 0 radical (unpaired) electrons. The molecule has 0 saturated carbocycles. The zero-order valence-electron chi connectivity index (χ0n) is 35.0. The van der Waals surface area contributed by atoms with Gasteiger partial charge in [-0.3, -0.25) is 0 Å². The third-order valence-electron chi connectivity index (χ3n) is 13.6. The van der Waals surface area contributed by atoms with Crippen molar-refractivity contribution in [2.45, 2.75) is 0 Å². The van der Waals surface area contributed by atoms with E-state index < -0.39 is 8.07 Å². The number of aromatic nitrogens is 3. The Labute approximate surface area is 372 Å². The number of rotatable bonds is 7. The summed E-state index contributed by atoms with van der Waals surface area (Å²) < 4.78 is 7.48. The lowest BCUT2D eigenvalue weighted by Gasteiger charge is -2.34. The van der Waals surface area contributed by atoms with Gasteiger partial charge in [0.2, 0.25) is 0 Å². The molecular formula is C60H41N3Si. The minimum Gasteiger partial charge on any atom is -0.309 e. The van der Waals surface area contributed by atoms with E-state index in [-0.39, 0.29) is 0 Å². The third kappa shape index (κ3) is 5.27. The number of para-hydroxylation sites is 5. The van der Waals surface area contributed by atoms with Gasteiger partial charge < -0.3 is 13.7 Å². The minimum atomic E-state index is -2.87. The molecule has 0 unspecified atom stereocenters. The van der Waals surface area contributed by atoms with Gasteiger partial charge in [-0.1, -0.05) is 194 Å². The molecule has 0 amide bonds. The summed E-state index contributed by atoms with van der Waals surface area (Å²) in [6.07, 6.45) is 0. The van der Waals surface area contributed by atoms with Gasteiger partial charge in [0.05, 0.1) is 38.8 Å². The largest absolute Gasteiger partial charge is 0.309 e. The summed E-state index contributed by atoms with van der Waals surface area (Å²) in [5.41, 5.74) is 10.5. The zero-order chi connectivity index (χ0) is 42.2. The second-order valence-electron chi connectivity index (χ2n) is 16.8. The lowest BCUT2D eigenvalue weighted by atomic mass is 10.1. The van der Waals surface area contributed by atoms with Gasteiger partial charge in [0, 0.05) is 43.7 Å². The highest BCUT2D eigenvalue weighted by Crippen LogP contribution is 2.41. The SMILES string of the molecule is c1ccc(-n2c3ccccc3c3ccc(-n4c5cc([Si](c6ccccc6)(c6ccccc6)c6ccccc6)ccc5c5cccc(-n6c7ccccc7c7ccccc76)c54)cc32)cc1. The van der Waals surface area contributed by atoms with Gasteiger partial charge in [-0.15, -0.1) is 0 Å². The first-order valence-corrected chi connectivity index (χ1v) is 24.1. The highest BCUT2D eigenvalue weighted by Gasteiger charge is 2.41. The van der Waals surface area contributed by atoms with Crippen LogP contribution >= 0.6 is 0 Å². The van der Waals surface area contributed by atoms with Crippen LogP contribution in [0.15, 0.2) is 249 Å². The van der Waals surface area contributed by atoms with Crippen molar-refractivity contribution in [3.63, 3.8) is 0 Å². The molecule has 3 nitrogen and oxygen atoms in total. The van der Waals surface area contributed by atoms with E-state index in [1.165, 1.54) is 86.2 Å². The van der Waals surface area contributed by atoms with Gasteiger partial charge in [0.15, 0.2) is 8.07 Å². The van der Waals surface area contributed by atoms with Gasteiger partial charge in [0.25, 0.3) is 0 Å². The first-order valence-electron chi connectivity index (χ1n) is 22.1. The fraction of sp³-hybridized carbons (Fsp3) is 0. The summed E-state index contributed by atoms with van der Waals surface area (Å²) in [7, 11) is -2.87. The monoisotopic (exact) mass is 831 g/mol. The first-order chi connectivity index (χ1) is 31.8. The van der Waals surface area contributed by atoms with Crippen LogP contribution in [-0.4, -0.2) is 21.8 Å². The predicted molar refractivity (Wildman–Crippen MR) is 273 cm³/mol. The van der Waals surface area contributed by atoms with Crippen LogP contribution in [0.5, 0.6) is 0 Å². The molecule has 4 heteroatoms. The van der Waals surface area contributed by atoms with Crippen LogP contribution in [0.2, 0.25) is 0 Å². The molecule has 0 aliphatic rings. The number of nitrogens with zero attached hydrogens (tertiary/aromatic N) is 3. The van der Waals surface area contributed by atoms with Crippen molar-refractivity contribution in [3.8, 4) is 17.1 Å². The van der Waals surface area contributed by atoms with Crippen LogP contribution in [0.25, 0.3) is 82.5 Å². The van der Waals surface area contributed by atoms with Gasteiger partial charge in [-0.2, -0.15) is 0 Å². The molecule has 0 atom stereocenters. The molecule has 3 heterocycles. The molecule has 0 aliphatic heterocycles. The number of fused-ring (bicyclic) bond motifs is 9. The predicted octanol–water partition coefficient (Wildman–Crippen LogP) is 12.4. The summed E-state index contributed by atoms with van der Waals surface area (Å²) in [6, 6.07) is 92.4. The van der Waals surface area contributed by atoms with Crippen molar-refractivity contribution < 1.29 is 0 Å². The molecule has 3 aromatic heterocycles. The zero-order valence-corrected chi connectivity index (χ0v) is 36.0. The lowest BCUT2D eigenvalue weighted by Crippen LogP contribution is -2.74. The van der Waals surface area contributed by atoms with Crippen molar-refractivity contribution >= 4 is 94.2 Å². The molecule has 13 rings (SSSR count). The summed E-state index contributed by atoms with van der Waals surface area (Å²) in [5.74, 6) is 0. The van der Waals surface area contributed by atoms with Gasteiger partial charge in [-0.25, -0.2) is 0 Å². The summed E-state index contributed by atoms with van der Waals surface area (Å²) in [5, 5.41) is 12.8. The van der Waals surface area contributed by atoms with Crippen molar-refractivity contribution in [1.82, 2.24) is 13.7 Å². The Bertz CT molecular complexity index is 3730. The van der Waals surface area contributed by atoms with Gasteiger partial charge in [-0.05, 0) is 75.3 Å². The van der Waals surface area contributed by atoms with Gasteiger partial charge >= 0.3 is 0 Å². The average molecular weight is 832 g/mol. The van der Waals surface area contributed by atoms with Gasteiger partial charge in [0.1, 0.15) is 0 Å². The molecule has 300 valence electrons. The second kappa shape index (κ2) is 14.5. The van der Waals surface area contributed by atoms with E-state index in [0.717, 1.165) is 17.1 Å². The van der Waals surface area contributed by atoms with E-state index in [2.05, 4.69) is 262 Å². The molecule has 0 aliphatic carbocycles. The molecule has 10 aromatic carbocycles. The number of benzene rings is 10. The molecule has 0 bridgehead atoms. The Morgan fingerprint density at radius 1 is 0.234 bits per heavy atom. The highest BCUT2D eigenvalue weighted by molar-refractivity contribution is 7.20. The Morgan fingerprint density at radius 2 is 0.656 bits per heavy atom. The van der Waals surface area contributed by atoms with E-state index in [4.69, 9.17) is 0 Å². The Kier molecular flexibility index (Phi) is 8.23. The maximum Gasteiger partial charge on any atom is 0.179 e. The van der Waals surface area contributed by atoms with Crippen molar-refractivity contribution in [3.05, 3.63) is 249 Å². The molecular weight excluding hydrogens is 791 g/mol. The molecule has 0 saturated heterocycles. The van der Waals surface area contributed by atoms with Crippen molar-refractivity contribution in [2.75, 3.05) is 0 Å². The maximum atomic E-state index is 2.57. The molecule has 13 aromatic rings. The van der Waals surface area contributed by atoms with Crippen LogP contribution in [0.1, 0.15) is 0 Å². The fourth-order valence-corrected chi connectivity index (χ4v) is 15.7. The lowest BCUT2D eigenvalue weighted by molar-refractivity contribution is 1.13. The van der Waals surface area contributed by atoms with Crippen LogP contribution in [0.4, 0.5) is 0 Å². The molecule has 0 N–H and O–H groups in total. The third-order valence-corrected chi connectivity index (χ3v) is 18.3. The van der Waals surface area contributed by atoms with Crippen molar-refractivity contribution in [2.24, 2.45) is 0 Å². The smallest absolute Gasteiger partial charge is 0.179 e. The number of hydrogen-bond donors (Lipinski definition) is 0. The Hall–Kier alpha value is -8.18. The normalized spacial score (nSPS) is 12.1. The topological polar surface area (TPSA) is 14.8 Å². The van der Waals surface area contributed by atoms with E-state index in [0.29, 0.717) is 0 Å². The van der Waals surface area contributed by atoms with E-state index in [1.807, 2.05) is 0 Å². The van der Waals surface area contributed by atoms with Crippen molar-refractivity contribution in [1.29, 1.82) is 0 Å². The Balaban J connectivity index is 1.20.